The summed E-state index contributed by atoms with van der Waals surface area (Å²) < 4.78 is 0. The highest BCUT2D eigenvalue weighted by Crippen LogP contribution is 2.19. The molecule has 1 rings (SSSR count). The van der Waals surface area contributed by atoms with Gasteiger partial charge in [0.15, 0.2) is 0 Å². The van der Waals surface area contributed by atoms with Crippen molar-refractivity contribution in [3.05, 3.63) is 23.3 Å². The summed E-state index contributed by atoms with van der Waals surface area (Å²) in [6, 6.07) is 1.97. The number of halogens is 1. The maximum absolute atomic E-state index is 5.99. The maximum Gasteiger partial charge on any atom is 0.133 e. The quantitative estimate of drug-likeness (QED) is 0.683. The fourth-order valence-corrected chi connectivity index (χ4v) is 1.27. The Kier molecular flexibility index (Phi) is 3.26. The number of aromatic nitrogens is 2. The Labute approximate surface area is 84.4 Å². The Bertz CT molecular complexity index is 277. The Hall–Kier alpha value is -0.630. The van der Waals surface area contributed by atoms with Crippen molar-refractivity contribution >= 4 is 11.6 Å². The SMILES string of the molecule is Cc1cc(C)nc(C(C)C(C)Cl)n1. The minimum Gasteiger partial charge on any atom is -0.238 e. The second-order valence-electron chi connectivity index (χ2n) is 3.48. The lowest BCUT2D eigenvalue weighted by Crippen LogP contribution is -2.10. The molecule has 0 fully saturated rings. The van der Waals surface area contributed by atoms with E-state index in [0.29, 0.717) is 0 Å². The largest absolute Gasteiger partial charge is 0.238 e. The first-order chi connectivity index (χ1) is 6.00. The van der Waals surface area contributed by atoms with Gasteiger partial charge in [-0.15, -0.1) is 11.6 Å². The van der Waals surface area contributed by atoms with E-state index in [1.54, 1.807) is 0 Å². The first kappa shape index (κ1) is 10.5. The van der Waals surface area contributed by atoms with Gasteiger partial charge in [-0.3, -0.25) is 0 Å². The van der Waals surface area contributed by atoms with Crippen molar-refractivity contribution < 1.29 is 0 Å². The van der Waals surface area contributed by atoms with Gasteiger partial charge in [-0.25, -0.2) is 9.97 Å². The van der Waals surface area contributed by atoms with Crippen molar-refractivity contribution in [2.45, 2.75) is 39.0 Å². The van der Waals surface area contributed by atoms with E-state index in [1.807, 2.05) is 33.8 Å². The summed E-state index contributed by atoms with van der Waals surface area (Å²) in [5.41, 5.74) is 2.01. The third-order valence-electron chi connectivity index (χ3n) is 2.10. The Morgan fingerprint density at radius 2 is 1.62 bits per heavy atom. The highest BCUT2D eigenvalue weighted by molar-refractivity contribution is 6.20. The van der Waals surface area contributed by atoms with Gasteiger partial charge in [0.25, 0.3) is 0 Å². The second-order valence-corrected chi connectivity index (χ2v) is 4.16. The fraction of sp³-hybridized carbons (Fsp3) is 0.600. The van der Waals surface area contributed by atoms with Crippen molar-refractivity contribution in [2.75, 3.05) is 0 Å². The predicted molar refractivity (Wildman–Crippen MR) is 55.2 cm³/mol. The van der Waals surface area contributed by atoms with E-state index < -0.39 is 0 Å². The summed E-state index contributed by atoms with van der Waals surface area (Å²) in [4.78, 5) is 8.72. The van der Waals surface area contributed by atoms with Gasteiger partial charge in [0.1, 0.15) is 5.82 Å². The van der Waals surface area contributed by atoms with Crippen LogP contribution in [0.25, 0.3) is 0 Å². The maximum atomic E-state index is 5.99. The molecule has 0 bridgehead atoms. The summed E-state index contributed by atoms with van der Waals surface area (Å²) in [5.74, 6) is 1.06. The minimum atomic E-state index is 0.0706. The van der Waals surface area contributed by atoms with Crippen LogP contribution in [0.2, 0.25) is 0 Å². The number of aryl methyl sites for hydroxylation is 2. The van der Waals surface area contributed by atoms with Crippen molar-refractivity contribution in [3.63, 3.8) is 0 Å². The first-order valence-electron chi connectivity index (χ1n) is 4.47. The number of nitrogens with zero attached hydrogens (tertiary/aromatic N) is 2. The molecule has 0 saturated heterocycles. The van der Waals surface area contributed by atoms with Gasteiger partial charge in [0, 0.05) is 22.7 Å². The number of hydrogen-bond acceptors (Lipinski definition) is 2. The van der Waals surface area contributed by atoms with Crippen LogP contribution in [0.15, 0.2) is 6.07 Å². The van der Waals surface area contributed by atoms with Crippen LogP contribution in [0.1, 0.15) is 37.0 Å². The molecule has 72 valence electrons. The third-order valence-corrected chi connectivity index (χ3v) is 2.47. The van der Waals surface area contributed by atoms with Gasteiger partial charge in [-0.2, -0.15) is 0 Å². The van der Waals surface area contributed by atoms with Crippen molar-refractivity contribution in [1.29, 1.82) is 0 Å². The monoisotopic (exact) mass is 198 g/mol. The van der Waals surface area contributed by atoms with Crippen molar-refractivity contribution in [1.82, 2.24) is 9.97 Å². The normalized spacial score (nSPS) is 15.5. The van der Waals surface area contributed by atoms with Gasteiger partial charge in [-0.1, -0.05) is 6.92 Å². The Morgan fingerprint density at radius 3 is 2.00 bits per heavy atom. The smallest absolute Gasteiger partial charge is 0.133 e. The van der Waals surface area contributed by atoms with E-state index in [9.17, 15) is 0 Å². The van der Waals surface area contributed by atoms with E-state index in [0.717, 1.165) is 17.2 Å². The number of rotatable bonds is 2. The predicted octanol–water partition coefficient (Wildman–Crippen LogP) is 2.82. The average Bonchev–Trinajstić information content (AvgIpc) is 2.01. The molecule has 1 aromatic heterocycles. The molecule has 0 aromatic carbocycles. The molecule has 0 saturated carbocycles. The van der Waals surface area contributed by atoms with Crippen LogP contribution in [0, 0.1) is 13.8 Å². The van der Waals surface area contributed by atoms with Crippen LogP contribution in [0.5, 0.6) is 0 Å². The topological polar surface area (TPSA) is 25.8 Å². The van der Waals surface area contributed by atoms with Crippen LogP contribution < -0.4 is 0 Å². The van der Waals surface area contributed by atoms with Gasteiger partial charge in [-0.05, 0) is 26.8 Å². The van der Waals surface area contributed by atoms with E-state index in [-0.39, 0.29) is 11.3 Å². The molecule has 0 spiro atoms. The second kappa shape index (κ2) is 4.05. The van der Waals surface area contributed by atoms with Crippen molar-refractivity contribution in [3.8, 4) is 0 Å². The molecule has 1 heterocycles. The fourth-order valence-electron chi connectivity index (χ4n) is 1.16. The Balaban J connectivity index is 3.01. The first-order valence-corrected chi connectivity index (χ1v) is 4.90. The van der Waals surface area contributed by atoms with Gasteiger partial charge in [0.05, 0.1) is 0 Å². The molecule has 2 nitrogen and oxygen atoms in total. The van der Waals surface area contributed by atoms with Crippen LogP contribution in [-0.2, 0) is 0 Å². The molecular weight excluding hydrogens is 184 g/mol. The van der Waals surface area contributed by atoms with Crippen LogP contribution in [0.3, 0.4) is 0 Å². The molecule has 0 aliphatic heterocycles. The summed E-state index contributed by atoms with van der Waals surface area (Å²) in [5, 5.41) is 0.0706. The lowest BCUT2D eigenvalue weighted by atomic mass is 10.1. The Morgan fingerprint density at radius 1 is 1.15 bits per heavy atom. The summed E-state index contributed by atoms with van der Waals surface area (Å²) >= 11 is 5.99. The molecule has 2 atom stereocenters. The van der Waals surface area contributed by atoms with Crippen LogP contribution in [-0.4, -0.2) is 15.3 Å². The van der Waals surface area contributed by atoms with E-state index in [2.05, 4.69) is 9.97 Å². The summed E-state index contributed by atoms with van der Waals surface area (Å²) in [7, 11) is 0. The molecule has 13 heavy (non-hydrogen) atoms. The number of hydrogen-bond donors (Lipinski definition) is 0. The molecular formula is C10H15ClN2. The molecule has 3 heteroatoms. The van der Waals surface area contributed by atoms with Gasteiger partial charge in [0.2, 0.25) is 0 Å². The number of alkyl halides is 1. The zero-order chi connectivity index (χ0) is 10.0. The third kappa shape index (κ3) is 2.66. The highest BCUT2D eigenvalue weighted by atomic mass is 35.5. The molecule has 0 amide bonds. The lowest BCUT2D eigenvalue weighted by Gasteiger charge is -2.12. The minimum absolute atomic E-state index is 0.0706. The van der Waals surface area contributed by atoms with E-state index in [4.69, 9.17) is 11.6 Å². The molecule has 0 aliphatic rings. The zero-order valence-corrected chi connectivity index (χ0v) is 9.26. The molecule has 0 radical (unpaired) electrons. The van der Waals surface area contributed by atoms with Crippen LogP contribution >= 0.6 is 11.6 Å². The zero-order valence-electron chi connectivity index (χ0n) is 8.50. The molecule has 1 aromatic rings. The molecule has 0 aliphatic carbocycles. The molecule has 0 N–H and O–H groups in total. The standard InChI is InChI=1S/C10H15ClN2/c1-6-5-7(2)13-10(12-6)8(3)9(4)11/h5,8-9H,1-4H3. The van der Waals surface area contributed by atoms with Crippen LogP contribution in [0.4, 0.5) is 0 Å². The molecule has 2 unspecified atom stereocenters. The van der Waals surface area contributed by atoms with Gasteiger partial charge < -0.3 is 0 Å². The summed E-state index contributed by atoms with van der Waals surface area (Å²) in [6.07, 6.45) is 0. The van der Waals surface area contributed by atoms with Gasteiger partial charge >= 0.3 is 0 Å². The average molecular weight is 199 g/mol. The summed E-state index contributed by atoms with van der Waals surface area (Å²) in [6.45, 7) is 7.97. The lowest BCUT2D eigenvalue weighted by molar-refractivity contribution is 0.677. The van der Waals surface area contributed by atoms with Crippen molar-refractivity contribution in [2.24, 2.45) is 0 Å². The van der Waals surface area contributed by atoms with E-state index in [1.165, 1.54) is 0 Å². The highest BCUT2D eigenvalue weighted by Gasteiger charge is 2.14. The van der Waals surface area contributed by atoms with E-state index >= 15 is 0 Å².